The van der Waals surface area contributed by atoms with Crippen molar-refractivity contribution in [3.8, 4) is 11.3 Å². The van der Waals surface area contributed by atoms with Gasteiger partial charge in [0.25, 0.3) is 0 Å². The molecular weight excluding hydrogens is 274 g/mol. The number of aromatic nitrogens is 2. The fraction of sp³-hybridized carbons (Fsp3) is 0.0588. The molecule has 0 aliphatic rings. The second-order valence-electron chi connectivity index (χ2n) is 4.95. The number of benzene rings is 2. The Morgan fingerprint density at radius 1 is 1.09 bits per heavy atom. The van der Waals surface area contributed by atoms with Gasteiger partial charge < -0.3 is 16.0 Å². The first-order valence-electron chi connectivity index (χ1n) is 7.00. The molecule has 0 saturated heterocycles. The number of nitrogen functional groups attached to an aromatic ring is 1. The highest BCUT2D eigenvalue weighted by Crippen LogP contribution is 2.16. The minimum Gasteiger partial charge on any atom is -0.384 e. The third kappa shape index (κ3) is 3.15. The van der Waals surface area contributed by atoms with Crippen LogP contribution in [0.2, 0.25) is 0 Å². The zero-order valence-electron chi connectivity index (χ0n) is 12.0. The van der Waals surface area contributed by atoms with Crippen LogP contribution in [0.25, 0.3) is 11.3 Å². The van der Waals surface area contributed by atoms with Gasteiger partial charge in [-0.25, -0.2) is 4.98 Å². The number of hydrogen-bond acceptors (Lipinski definition) is 3. The molecule has 5 heteroatoms. The molecule has 0 aliphatic carbocycles. The standard InChI is InChI=1S/C17H17N5/c18-17(19)13-6-8-14(9-7-13)20-11-16-21-10-15(22-16)12-4-2-1-3-5-12/h1-10,20H,11H2,(H3,18,19)(H,21,22). The van der Waals surface area contributed by atoms with E-state index >= 15 is 0 Å². The quantitative estimate of drug-likeness (QED) is 0.430. The minimum absolute atomic E-state index is 0.0742. The van der Waals surface area contributed by atoms with Gasteiger partial charge in [-0.2, -0.15) is 0 Å². The smallest absolute Gasteiger partial charge is 0.125 e. The van der Waals surface area contributed by atoms with E-state index in [1.165, 1.54) is 0 Å². The lowest BCUT2D eigenvalue weighted by Crippen LogP contribution is -2.10. The maximum absolute atomic E-state index is 7.37. The number of rotatable bonds is 5. The summed E-state index contributed by atoms with van der Waals surface area (Å²) in [7, 11) is 0. The summed E-state index contributed by atoms with van der Waals surface area (Å²) < 4.78 is 0. The molecule has 0 unspecified atom stereocenters. The Hall–Kier alpha value is -3.08. The van der Waals surface area contributed by atoms with Crippen LogP contribution < -0.4 is 11.1 Å². The fourth-order valence-electron chi connectivity index (χ4n) is 2.17. The third-order valence-electron chi connectivity index (χ3n) is 3.37. The van der Waals surface area contributed by atoms with Crippen LogP contribution in [-0.2, 0) is 6.54 Å². The van der Waals surface area contributed by atoms with Gasteiger partial charge in [-0.05, 0) is 29.8 Å². The van der Waals surface area contributed by atoms with Gasteiger partial charge in [0.15, 0.2) is 0 Å². The van der Waals surface area contributed by atoms with Crippen molar-refractivity contribution in [2.75, 3.05) is 5.32 Å². The lowest BCUT2D eigenvalue weighted by molar-refractivity contribution is 1.00. The molecule has 5 nitrogen and oxygen atoms in total. The van der Waals surface area contributed by atoms with Crippen molar-refractivity contribution < 1.29 is 0 Å². The van der Waals surface area contributed by atoms with Crippen molar-refractivity contribution >= 4 is 11.5 Å². The summed E-state index contributed by atoms with van der Waals surface area (Å²) in [4.78, 5) is 7.68. The number of nitrogens with two attached hydrogens (primary N) is 1. The summed E-state index contributed by atoms with van der Waals surface area (Å²) in [6, 6.07) is 17.5. The SMILES string of the molecule is N=C(N)c1ccc(NCc2ncc(-c3ccccc3)[nH]2)cc1. The maximum Gasteiger partial charge on any atom is 0.125 e. The summed E-state index contributed by atoms with van der Waals surface area (Å²) in [6.07, 6.45) is 1.84. The third-order valence-corrected chi connectivity index (χ3v) is 3.37. The normalized spacial score (nSPS) is 10.4. The van der Waals surface area contributed by atoms with Crippen LogP contribution in [0, 0.1) is 5.41 Å². The summed E-state index contributed by atoms with van der Waals surface area (Å²) >= 11 is 0. The number of nitrogens with one attached hydrogen (secondary N) is 3. The molecular formula is C17H17N5. The van der Waals surface area contributed by atoms with Crippen LogP contribution in [0.1, 0.15) is 11.4 Å². The molecule has 0 radical (unpaired) electrons. The second-order valence-corrected chi connectivity index (χ2v) is 4.95. The molecule has 0 amide bonds. The van der Waals surface area contributed by atoms with Gasteiger partial charge in [0.05, 0.1) is 18.4 Å². The van der Waals surface area contributed by atoms with Gasteiger partial charge in [-0.3, -0.25) is 5.41 Å². The molecule has 0 saturated carbocycles. The molecule has 5 N–H and O–H groups in total. The Morgan fingerprint density at radius 2 is 1.82 bits per heavy atom. The number of nitrogens with zero attached hydrogens (tertiary/aromatic N) is 1. The Labute approximate surface area is 128 Å². The van der Waals surface area contributed by atoms with Crippen LogP contribution in [-0.4, -0.2) is 15.8 Å². The van der Waals surface area contributed by atoms with Gasteiger partial charge >= 0.3 is 0 Å². The van der Waals surface area contributed by atoms with Crippen LogP contribution in [0.3, 0.4) is 0 Å². The van der Waals surface area contributed by atoms with Gasteiger partial charge in [-0.1, -0.05) is 30.3 Å². The highest BCUT2D eigenvalue weighted by atomic mass is 15.0. The van der Waals surface area contributed by atoms with Crippen LogP contribution in [0.15, 0.2) is 60.8 Å². The van der Waals surface area contributed by atoms with Crippen molar-refractivity contribution in [3.05, 3.63) is 72.2 Å². The monoisotopic (exact) mass is 291 g/mol. The van der Waals surface area contributed by atoms with Crippen molar-refractivity contribution in [1.29, 1.82) is 5.41 Å². The van der Waals surface area contributed by atoms with Crippen molar-refractivity contribution in [2.24, 2.45) is 5.73 Å². The molecule has 0 atom stereocenters. The van der Waals surface area contributed by atoms with E-state index in [4.69, 9.17) is 11.1 Å². The van der Waals surface area contributed by atoms with Crippen LogP contribution in [0.4, 0.5) is 5.69 Å². The lowest BCUT2D eigenvalue weighted by atomic mass is 10.2. The van der Waals surface area contributed by atoms with E-state index in [1.807, 2.05) is 60.8 Å². The van der Waals surface area contributed by atoms with Crippen LogP contribution >= 0.6 is 0 Å². The van der Waals surface area contributed by atoms with E-state index in [9.17, 15) is 0 Å². The number of anilines is 1. The maximum atomic E-state index is 7.37. The summed E-state index contributed by atoms with van der Waals surface area (Å²) in [5.74, 6) is 0.944. The molecule has 110 valence electrons. The first kappa shape index (κ1) is 13.9. The number of H-pyrrole nitrogens is 1. The predicted molar refractivity (Wildman–Crippen MR) is 88.8 cm³/mol. The minimum atomic E-state index is 0.0742. The molecule has 0 bridgehead atoms. The largest absolute Gasteiger partial charge is 0.384 e. The van der Waals surface area contributed by atoms with Crippen LogP contribution in [0.5, 0.6) is 0 Å². The second kappa shape index (κ2) is 6.13. The zero-order valence-corrected chi connectivity index (χ0v) is 12.0. The predicted octanol–water partition coefficient (Wildman–Crippen LogP) is 2.97. The summed E-state index contributed by atoms with van der Waals surface area (Å²) in [5, 5.41) is 10.7. The molecule has 1 aromatic heterocycles. The Bertz CT molecular complexity index is 759. The Balaban J connectivity index is 1.65. The topological polar surface area (TPSA) is 90.6 Å². The number of imidazole rings is 1. The number of aromatic amines is 1. The average Bonchev–Trinajstić information content (AvgIpc) is 3.03. The highest BCUT2D eigenvalue weighted by Gasteiger charge is 2.03. The molecule has 22 heavy (non-hydrogen) atoms. The fourth-order valence-corrected chi connectivity index (χ4v) is 2.17. The molecule has 3 aromatic rings. The molecule has 0 spiro atoms. The van der Waals surface area contributed by atoms with Crippen molar-refractivity contribution in [2.45, 2.75) is 6.54 Å². The van der Waals surface area contributed by atoms with Crippen molar-refractivity contribution in [3.63, 3.8) is 0 Å². The molecule has 0 aliphatic heterocycles. The average molecular weight is 291 g/mol. The molecule has 3 rings (SSSR count). The zero-order chi connectivity index (χ0) is 15.4. The number of hydrogen-bond donors (Lipinski definition) is 4. The summed E-state index contributed by atoms with van der Waals surface area (Å²) in [5.41, 5.74) is 9.23. The lowest BCUT2D eigenvalue weighted by Gasteiger charge is -2.05. The van der Waals surface area contributed by atoms with Gasteiger partial charge in [0.2, 0.25) is 0 Å². The van der Waals surface area contributed by atoms with E-state index in [2.05, 4.69) is 15.3 Å². The Morgan fingerprint density at radius 3 is 2.50 bits per heavy atom. The van der Waals surface area contributed by atoms with E-state index < -0.39 is 0 Å². The first-order chi connectivity index (χ1) is 10.7. The van der Waals surface area contributed by atoms with E-state index in [-0.39, 0.29) is 5.84 Å². The first-order valence-corrected chi connectivity index (χ1v) is 7.00. The highest BCUT2D eigenvalue weighted by molar-refractivity contribution is 5.95. The van der Waals surface area contributed by atoms with E-state index in [0.29, 0.717) is 6.54 Å². The van der Waals surface area contributed by atoms with Gasteiger partial charge in [0, 0.05) is 11.3 Å². The molecule has 2 aromatic carbocycles. The number of amidine groups is 1. The Kier molecular flexibility index (Phi) is 3.87. The van der Waals surface area contributed by atoms with E-state index in [0.717, 1.165) is 28.3 Å². The van der Waals surface area contributed by atoms with Crippen molar-refractivity contribution in [1.82, 2.24) is 9.97 Å². The van der Waals surface area contributed by atoms with E-state index in [1.54, 1.807) is 0 Å². The molecule has 1 heterocycles. The molecule has 0 fully saturated rings. The summed E-state index contributed by atoms with van der Waals surface area (Å²) in [6.45, 7) is 0.603. The van der Waals surface area contributed by atoms with Gasteiger partial charge in [-0.15, -0.1) is 0 Å². The van der Waals surface area contributed by atoms with Gasteiger partial charge in [0.1, 0.15) is 11.7 Å².